The van der Waals surface area contributed by atoms with Gasteiger partial charge in [-0.3, -0.25) is 19.5 Å². The van der Waals surface area contributed by atoms with Crippen molar-refractivity contribution >= 4 is 23.1 Å². The number of hydrogen-bond donors (Lipinski definition) is 2. The lowest BCUT2D eigenvalue weighted by molar-refractivity contribution is -0.128. The van der Waals surface area contributed by atoms with Crippen LogP contribution in [-0.2, 0) is 4.79 Å². The number of carbonyl (C=O) groups excluding carboxylic acids is 2. The van der Waals surface area contributed by atoms with Gasteiger partial charge in [-0.1, -0.05) is 31.5 Å². The van der Waals surface area contributed by atoms with E-state index in [0.29, 0.717) is 36.8 Å². The average Bonchev–Trinajstić information content (AvgIpc) is 3.27. The third-order valence-corrected chi connectivity index (χ3v) is 5.29. The number of amides is 2. The van der Waals surface area contributed by atoms with Gasteiger partial charge in [0.1, 0.15) is 5.56 Å². The van der Waals surface area contributed by atoms with Crippen LogP contribution in [0.2, 0.25) is 0 Å². The van der Waals surface area contributed by atoms with E-state index in [1.165, 1.54) is 16.8 Å². The molecule has 4 rings (SSSR count). The van der Waals surface area contributed by atoms with Crippen LogP contribution in [-0.4, -0.2) is 44.4 Å². The largest absolute Gasteiger partial charge is 0.342 e. The van der Waals surface area contributed by atoms with Gasteiger partial charge in [0.25, 0.3) is 11.5 Å². The molecule has 0 spiro atoms. The Hall–Kier alpha value is -3.42. The Morgan fingerprint density at radius 1 is 1.27 bits per heavy atom. The highest BCUT2D eigenvalue weighted by atomic mass is 16.2. The van der Waals surface area contributed by atoms with Gasteiger partial charge in [0, 0.05) is 43.4 Å². The van der Waals surface area contributed by atoms with Crippen molar-refractivity contribution in [2.45, 2.75) is 33.1 Å². The Morgan fingerprint density at radius 2 is 2.00 bits per heavy atom. The first-order valence-electron chi connectivity index (χ1n) is 10.1. The molecule has 1 atom stereocenters. The lowest BCUT2D eigenvalue weighted by Crippen LogP contribution is -2.29. The van der Waals surface area contributed by atoms with Gasteiger partial charge in [-0.25, -0.2) is 9.50 Å². The van der Waals surface area contributed by atoms with E-state index in [1.807, 2.05) is 36.1 Å². The minimum Gasteiger partial charge on any atom is -0.342 e. The molecule has 2 amide bonds. The summed E-state index contributed by atoms with van der Waals surface area (Å²) < 4.78 is 1.25. The summed E-state index contributed by atoms with van der Waals surface area (Å²) in [6, 6.07) is 8.90. The number of carbonyl (C=O) groups is 2. The van der Waals surface area contributed by atoms with E-state index in [2.05, 4.69) is 29.2 Å². The van der Waals surface area contributed by atoms with E-state index in [-0.39, 0.29) is 34.5 Å². The molecule has 0 aliphatic carbocycles. The summed E-state index contributed by atoms with van der Waals surface area (Å²) in [6.07, 6.45) is 1.80. The normalized spacial score (nSPS) is 16.6. The second-order valence-corrected chi connectivity index (χ2v) is 8.28. The number of rotatable bonds is 5. The minimum atomic E-state index is -0.356. The first kappa shape index (κ1) is 19.9. The smallest absolute Gasteiger partial charge is 0.272 e. The van der Waals surface area contributed by atoms with Gasteiger partial charge in [0.05, 0.1) is 5.69 Å². The molecule has 0 radical (unpaired) electrons. The average molecular weight is 407 g/mol. The zero-order valence-corrected chi connectivity index (χ0v) is 17.3. The van der Waals surface area contributed by atoms with Crippen LogP contribution in [0.5, 0.6) is 0 Å². The van der Waals surface area contributed by atoms with E-state index in [0.717, 1.165) is 5.56 Å². The quantitative estimate of drug-likeness (QED) is 0.679. The SMILES string of the molecule is Cc1ccc(NC(=O)c2c[nH]n3c(=O)cc(C4CC(=O)N(CC(C)C)C4)nc23)cc1. The second-order valence-electron chi connectivity index (χ2n) is 8.28. The van der Waals surface area contributed by atoms with E-state index < -0.39 is 0 Å². The molecule has 1 fully saturated rings. The fraction of sp³-hybridized carbons (Fsp3) is 0.364. The Morgan fingerprint density at radius 3 is 2.70 bits per heavy atom. The Bertz CT molecular complexity index is 1160. The number of fused-ring (bicyclic) bond motifs is 1. The van der Waals surface area contributed by atoms with E-state index >= 15 is 0 Å². The summed E-state index contributed by atoms with van der Waals surface area (Å²) in [5, 5.41) is 5.63. The molecule has 8 nitrogen and oxygen atoms in total. The number of benzene rings is 1. The summed E-state index contributed by atoms with van der Waals surface area (Å²) in [7, 11) is 0. The van der Waals surface area contributed by atoms with Crippen molar-refractivity contribution in [3.05, 3.63) is 63.7 Å². The fourth-order valence-corrected chi connectivity index (χ4v) is 3.80. The van der Waals surface area contributed by atoms with Crippen LogP contribution in [0, 0.1) is 12.8 Å². The van der Waals surface area contributed by atoms with Crippen LogP contribution < -0.4 is 10.9 Å². The number of aromatic nitrogens is 3. The maximum Gasteiger partial charge on any atom is 0.272 e. The number of H-pyrrole nitrogens is 1. The molecule has 1 aliphatic heterocycles. The maximum absolute atomic E-state index is 12.8. The van der Waals surface area contributed by atoms with Crippen LogP contribution in [0.15, 0.2) is 41.3 Å². The lowest BCUT2D eigenvalue weighted by atomic mass is 10.0. The van der Waals surface area contributed by atoms with Crippen molar-refractivity contribution in [1.82, 2.24) is 19.5 Å². The molecular formula is C22H25N5O3. The van der Waals surface area contributed by atoms with Gasteiger partial charge >= 0.3 is 0 Å². The summed E-state index contributed by atoms with van der Waals surface area (Å²) in [4.78, 5) is 44.1. The molecule has 156 valence electrons. The van der Waals surface area contributed by atoms with Crippen molar-refractivity contribution in [3.8, 4) is 0 Å². The molecule has 1 unspecified atom stereocenters. The zero-order chi connectivity index (χ0) is 21.4. The first-order chi connectivity index (χ1) is 14.3. The number of anilines is 1. The maximum atomic E-state index is 12.8. The number of hydrogen-bond acceptors (Lipinski definition) is 4. The Balaban J connectivity index is 1.63. The molecule has 30 heavy (non-hydrogen) atoms. The summed E-state index contributed by atoms with van der Waals surface area (Å²) in [5.41, 5.74) is 2.53. The predicted octanol–water partition coefficient (Wildman–Crippen LogP) is 2.56. The van der Waals surface area contributed by atoms with E-state index in [4.69, 9.17) is 0 Å². The zero-order valence-electron chi connectivity index (χ0n) is 17.3. The number of nitrogens with one attached hydrogen (secondary N) is 2. The minimum absolute atomic E-state index is 0.0714. The highest BCUT2D eigenvalue weighted by Gasteiger charge is 2.32. The predicted molar refractivity (Wildman–Crippen MR) is 114 cm³/mol. The van der Waals surface area contributed by atoms with Gasteiger partial charge in [0.2, 0.25) is 5.91 Å². The van der Waals surface area contributed by atoms with Gasteiger partial charge in [0.15, 0.2) is 5.65 Å². The van der Waals surface area contributed by atoms with Crippen LogP contribution in [0.3, 0.4) is 0 Å². The molecule has 0 saturated carbocycles. The number of nitrogens with zero attached hydrogens (tertiary/aromatic N) is 3. The Labute approximate surface area is 173 Å². The third kappa shape index (κ3) is 3.85. The molecule has 8 heteroatoms. The van der Waals surface area contributed by atoms with Crippen molar-refractivity contribution in [2.75, 3.05) is 18.4 Å². The number of aryl methyl sites for hydroxylation is 1. The van der Waals surface area contributed by atoms with Crippen LogP contribution >= 0.6 is 0 Å². The molecule has 1 saturated heterocycles. The van der Waals surface area contributed by atoms with Gasteiger partial charge in [-0.2, -0.15) is 0 Å². The Kier molecular flexibility index (Phi) is 5.15. The number of likely N-dealkylation sites (tertiary alicyclic amines) is 1. The van der Waals surface area contributed by atoms with Crippen LogP contribution in [0.1, 0.15) is 47.8 Å². The second kappa shape index (κ2) is 7.78. The summed E-state index contributed by atoms with van der Waals surface area (Å²) in [5.74, 6) is -0.0694. The van der Waals surface area contributed by atoms with Crippen molar-refractivity contribution in [1.29, 1.82) is 0 Å². The highest BCUT2D eigenvalue weighted by Crippen LogP contribution is 2.27. The molecule has 3 heterocycles. The first-order valence-corrected chi connectivity index (χ1v) is 10.1. The van der Waals surface area contributed by atoms with Crippen molar-refractivity contribution in [3.63, 3.8) is 0 Å². The lowest BCUT2D eigenvalue weighted by Gasteiger charge is -2.18. The third-order valence-electron chi connectivity index (χ3n) is 5.29. The van der Waals surface area contributed by atoms with Gasteiger partial charge in [-0.05, 0) is 25.0 Å². The van der Waals surface area contributed by atoms with Gasteiger partial charge in [-0.15, -0.1) is 0 Å². The standard InChI is InChI=1S/C22H25N5O3/c1-13(2)11-26-12-15(8-19(26)28)18-9-20(29)27-21(25-18)17(10-23-27)22(30)24-16-6-4-14(3)5-7-16/h4-7,9-10,13,15,23H,8,11-12H2,1-3H3,(H,24,30). The molecule has 1 aromatic carbocycles. The molecular weight excluding hydrogens is 382 g/mol. The van der Waals surface area contributed by atoms with Gasteiger partial charge < -0.3 is 10.2 Å². The summed E-state index contributed by atoms with van der Waals surface area (Å²) >= 11 is 0. The molecule has 2 N–H and O–H groups in total. The monoisotopic (exact) mass is 407 g/mol. The topological polar surface area (TPSA) is 99.6 Å². The molecule has 2 aromatic heterocycles. The summed E-state index contributed by atoms with van der Waals surface area (Å²) in [6.45, 7) is 7.32. The van der Waals surface area contributed by atoms with Crippen molar-refractivity contribution in [2.24, 2.45) is 5.92 Å². The van der Waals surface area contributed by atoms with Crippen LogP contribution in [0.25, 0.3) is 5.65 Å². The fourth-order valence-electron chi connectivity index (χ4n) is 3.80. The highest BCUT2D eigenvalue weighted by molar-refractivity contribution is 6.08. The van der Waals surface area contributed by atoms with Crippen molar-refractivity contribution < 1.29 is 9.59 Å². The molecule has 1 aliphatic rings. The molecule has 0 bridgehead atoms. The van der Waals surface area contributed by atoms with E-state index in [1.54, 1.807) is 0 Å². The van der Waals surface area contributed by atoms with E-state index in [9.17, 15) is 14.4 Å². The van der Waals surface area contributed by atoms with Crippen LogP contribution in [0.4, 0.5) is 5.69 Å². The molecule has 3 aromatic rings. The number of aromatic amines is 1.